The molecular weight excluding hydrogens is 356 g/mol. The third-order valence-electron chi connectivity index (χ3n) is 5.11. The number of nitrogens with one attached hydrogen (secondary N) is 4. The van der Waals surface area contributed by atoms with Crippen molar-refractivity contribution in [2.45, 2.75) is 18.6 Å². The summed E-state index contributed by atoms with van der Waals surface area (Å²) in [7, 11) is 0. The summed E-state index contributed by atoms with van der Waals surface area (Å²) in [5, 5.41) is 15.5. The van der Waals surface area contributed by atoms with Gasteiger partial charge in [0.2, 0.25) is 5.91 Å². The minimum Gasteiger partial charge on any atom is -0.371 e. The number of para-hydroxylation sites is 1. The zero-order valence-corrected chi connectivity index (χ0v) is 16.4. The van der Waals surface area contributed by atoms with Crippen LogP contribution in [0.5, 0.6) is 0 Å². The van der Waals surface area contributed by atoms with Gasteiger partial charge in [0.05, 0.1) is 24.6 Å². The van der Waals surface area contributed by atoms with Crippen LogP contribution < -0.4 is 37.6 Å². The van der Waals surface area contributed by atoms with Crippen molar-refractivity contribution in [3.8, 4) is 0 Å². The Balaban J connectivity index is 1.77. The van der Waals surface area contributed by atoms with Gasteiger partial charge in [-0.15, -0.1) is 0 Å². The van der Waals surface area contributed by atoms with E-state index in [9.17, 15) is 4.79 Å². The lowest BCUT2D eigenvalue weighted by Crippen LogP contribution is -2.48. The quantitative estimate of drug-likeness (QED) is 0.363. The summed E-state index contributed by atoms with van der Waals surface area (Å²) < 4.78 is 6.14. The third kappa shape index (κ3) is 6.08. The second-order valence-corrected chi connectivity index (χ2v) is 7.12. The van der Waals surface area contributed by atoms with E-state index in [-0.39, 0.29) is 18.1 Å². The number of benzene rings is 1. The number of nitrogens with zero attached hydrogens (tertiary/aromatic N) is 1. The molecule has 0 saturated carbocycles. The fourth-order valence-corrected chi connectivity index (χ4v) is 3.54. The highest BCUT2D eigenvalue weighted by Gasteiger charge is 2.22. The molecule has 154 valence electrons. The molecule has 2 unspecified atom stereocenters. The second kappa shape index (κ2) is 11.2. The predicted molar refractivity (Wildman–Crippen MR) is 109 cm³/mol. The molecule has 28 heavy (non-hydrogen) atoms. The van der Waals surface area contributed by atoms with E-state index in [1.54, 1.807) is 0 Å². The molecule has 2 heterocycles. The van der Waals surface area contributed by atoms with E-state index in [2.05, 4.69) is 32.3 Å². The molecule has 1 aromatic carbocycles. The highest BCUT2D eigenvalue weighted by Crippen LogP contribution is 2.09. The van der Waals surface area contributed by atoms with Crippen molar-refractivity contribution >= 4 is 11.5 Å². The highest BCUT2D eigenvalue weighted by molar-refractivity contribution is 5.80. The average molecular weight is 389 g/mol. The highest BCUT2D eigenvalue weighted by atomic mass is 16.5. The van der Waals surface area contributed by atoms with E-state index in [1.807, 2.05) is 18.2 Å². The van der Waals surface area contributed by atoms with Crippen LogP contribution in [0, 0.1) is 0 Å². The SMILES string of the molecule is NC(=O)C1CCNCCNCCNCCOC2CN=c3ccccc3=C2CN1. The van der Waals surface area contributed by atoms with Crippen molar-refractivity contribution in [2.75, 3.05) is 59.0 Å². The molecule has 2 aliphatic heterocycles. The molecule has 8 nitrogen and oxygen atoms in total. The number of nitrogens with two attached hydrogens (primary N) is 1. The number of carbonyl (C=O) groups excluding carboxylic acids is 1. The number of carbonyl (C=O) groups is 1. The number of primary amides is 1. The van der Waals surface area contributed by atoms with Gasteiger partial charge in [-0.3, -0.25) is 9.79 Å². The average Bonchev–Trinajstić information content (AvgIpc) is 2.71. The van der Waals surface area contributed by atoms with Crippen molar-refractivity contribution < 1.29 is 9.53 Å². The number of hydrogen-bond donors (Lipinski definition) is 5. The topological polar surface area (TPSA) is 113 Å². The maximum atomic E-state index is 11.9. The van der Waals surface area contributed by atoms with E-state index in [4.69, 9.17) is 10.5 Å². The number of fused-ring (bicyclic) bond motifs is 2. The van der Waals surface area contributed by atoms with Gasteiger partial charge in [-0.25, -0.2) is 0 Å². The predicted octanol–water partition coefficient (Wildman–Crippen LogP) is -2.53. The molecule has 0 spiro atoms. The lowest BCUT2D eigenvalue weighted by Gasteiger charge is -2.25. The van der Waals surface area contributed by atoms with Crippen molar-refractivity contribution in [3.05, 3.63) is 34.8 Å². The first-order valence-corrected chi connectivity index (χ1v) is 10.1. The van der Waals surface area contributed by atoms with Crippen LogP contribution in [-0.2, 0) is 9.53 Å². The van der Waals surface area contributed by atoms with E-state index in [1.165, 1.54) is 0 Å². The summed E-state index contributed by atoms with van der Waals surface area (Å²) in [5.41, 5.74) is 6.76. The number of ether oxygens (including phenoxy) is 1. The maximum Gasteiger partial charge on any atom is 0.234 e. The zero-order chi connectivity index (χ0) is 19.6. The molecule has 0 aliphatic carbocycles. The summed E-state index contributed by atoms with van der Waals surface area (Å²) >= 11 is 0. The molecule has 0 aromatic heterocycles. The molecule has 1 fully saturated rings. The van der Waals surface area contributed by atoms with Gasteiger partial charge in [0.25, 0.3) is 0 Å². The Hall–Kier alpha value is -1.84. The first kappa shape index (κ1) is 20.9. The molecule has 3 rings (SSSR count). The minimum absolute atomic E-state index is 0.0929. The van der Waals surface area contributed by atoms with Gasteiger partial charge >= 0.3 is 0 Å². The van der Waals surface area contributed by atoms with Gasteiger partial charge < -0.3 is 31.7 Å². The van der Waals surface area contributed by atoms with E-state index < -0.39 is 0 Å². The molecular formula is C20H32N6O2. The normalized spacial score (nSPS) is 25.6. The summed E-state index contributed by atoms with van der Waals surface area (Å²) in [4.78, 5) is 16.6. The largest absolute Gasteiger partial charge is 0.371 e. The maximum absolute atomic E-state index is 11.9. The van der Waals surface area contributed by atoms with E-state index in [0.717, 1.165) is 55.4 Å². The Morgan fingerprint density at radius 1 is 1.04 bits per heavy atom. The van der Waals surface area contributed by atoms with Crippen LogP contribution in [0.1, 0.15) is 6.42 Å². The number of hydrogen-bond acceptors (Lipinski definition) is 7. The molecule has 1 aromatic rings. The van der Waals surface area contributed by atoms with Gasteiger partial charge in [0.15, 0.2) is 0 Å². The molecule has 2 atom stereocenters. The minimum atomic E-state index is -0.378. The lowest BCUT2D eigenvalue weighted by molar-refractivity contribution is -0.120. The summed E-state index contributed by atoms with van der Waals surface area (Å²) in [6, 6.07) is 7.71. The number of amides is 1. The Kier molecular flexibility index (Phi) is 8.38. The Morgan fingerprint density at radius 2 is 1.75 bits per heavy atom. The van der Waals surface area contributed by atoms with Crippen LogP contribution in [0.3, 0.4) is 0 Å². The van der Waals surface area contributed by atoms with Gasteiger partial charge in [-0.05, 0) is 24.6 Å². The first-order chi connectivity index (χ1) is 13.8. The molecule has 0 bridgehead atoms. The molecule has 0 radical (unpaired) electrons. The van der Waals surface area contributed by atoms with Gasteiger partial charge in [-0.2, -0.15) is 0 Å². The van der Waals surface area contributed by atoms with Gasteiger partial charge in [0.1, 0.15) is 6.10 Å². The monoisotopic (exact) mass is 388 g/mol. The first-order valence-electron chi connectivity index (χ1n) is 10.1. The second-order valence-electron chi connectivity index (χ2n) is 7.12. The van der Waals surface area contributed by atoms with Gasteiger partial charge in [0, 0.05) is 44.5 Å². The van der Waals surface area contributed by atoms with Gasteiger partial charge in [-0.1, -0.05) is 18.2 Å². The standard InChI is InChI=1S/C20H32N6O2/c21-20(27)18-5-6-22-7-8-23-9-10-24-11-12-28-19-14-26-17-4-2-1-3-15(17)16(19)13-25-18/h1-4,18-19,22-25H,5-14H2,(H2,21,27). The van der Waals surface area contributed by atoms with Crippen LogP contribution >= 0.6 is 0 Å². The third-order valence-corrected chi connectivity index (χ3v) is 5.11. The van der Waals surface area contributed by atoms with E-state index >= 15 is 0 Å². The molecule has 2 aliphatic rings. The van der Waals surface area contributed by atoms with Crippen LogP contribution in [0.15, 0.2) is 29.3 Å². The smallest absolute Gasteiger partial charge is 0.234 e. The molecule has 1 amide bonds. The van der Waals surface area contributed by atoms with E-state index in [0.29, 0.717) is 26.1 Å². The van der Waals surface area contributed by atoms with Crippen LogP contribution in [0.25, 0.3) is 5.57 Å². The fourth-order valence-electron chi connectivity index (χ4n) is 3.54. The Morgan fingerprint density at radius 3 is 2.54 bits per heavy atom. The molecule has 8 heteroatoms. The number of rotatable bonds is 1. The van der Waals surface area contributed by atoms with Crippen LogP contribution in [0.2, 0.25) is 0 Å². The summed E-state index contributed by atoms with van der Waals surface area (Å²) in [6.07, 6.45) is 0.562. The summed E-state index contributed by atoms with van der Waals surface area (Å²) in [6.45, 7) is 6.88. The molecule has 6 N–H and O–H groups in total. The zero-order valence-electron chi connectivity index (χ0n) is 16.4. The van der Waals surface area contributed by atoms with Crippen molar-refractivity contribution in [2.24, 2.45) is 10.7 Å². The fraction of sp³-hybridized carbons (Fsp3) is 0.600. The van der Waals surface area contributed by atoms with Crippen LogP contribution in [0.4, 0.5) is 0 Å². The summed E-state index contributed by atoms with van der Waals surface area (Å²) in [5.74, 6) is -0.325. The van der Waals surface area contributed by atoms with Crippen LogP contribution in [-0.4, -0.2) is 77.0 Å². The Labute approximate surface area is 166 Å². The van der Waals surface area contributed by atoms with Crippen molar-refractivity contribution in [1.82, 2.24) is 21.3 Å². The van der Waals surface area contributed by atoms with Crippen molar-refractivity contribution in [3.63, 3.8) is 0 Å². The molecule has 1 saturated heterocycles. The lowest BCUT2D eigenvalue weighted by atomic mass is 10.0. The Bertz CT molecular complexity index is 753. The van der Waals surface area contributed by atoms with Crippen molar-refractivity contribution in [1.29, 1.82) is 0 Å².